The van der Waals surface area contributed by atoms with E-state index in [0.29, 0.717) is 17.0 Å². The van der Waals surface area contributed by atoms with Crippen LogP contribution in [0.3, 0.4) is 0 Å². The Morgan fingerprint density at radius 2 is 1.88 bits per heavy atom. The van der Waals surface area contributed by atoms with E-state index in [1.807, 2.05) is 13.8 Å². The number of aromatic nitrogens is 2. The largest absolute Gasteiger partial charge is 0.466 e. The molecular weight excluding hydrogens is 261 g/mol. The predicted molar refractivity (Wildman–Crippen MR) is 57.0 cm³/mol. The van der Waals surface area contributed by atoms with Crippen LogP contribution in [0.1, 0.15) is 20.8 Å². The minimum Gasteiger partial charge on any atom is -0.466 e. The summed E-state index contributed by atoms with van der Waals surface area (Å²) in [6, 6.07) is 0. The zero-order chi connectivity index (χ0) is 12.3. The van der Waals surface area contributed by atoms with E-state index in [1.165, 1.54) is 0 Å². The fourth-order valence-electron chi connectivity index (χ4n) is 0.712. The number of rotatable bonds is 4. The molecule has 0 aliphatic heterocycles. The average molecular weight is 272 g/mol. The Hall–Kier alpha value is -0.500. The molecule has 1 aromatic rings. The van der Waals surface area contributed by atoms with Gasteiger partial charge in [0.15, 0.2) is 4.34 Å². The molecule has 0 N–H and O–H groups in total. The lowest BCUT2D eigenvalue weighted by molar-refractivity contribution is -0.125. The second kappa shape index (κ2) is 5.22. The van der Waals surface area contributed by atoms with Gasteiger partial charge in [-0.25, -0.2) is 0 Å². The maximum atomic E-state index is 12.3. The van der Waals surface area contributed by atoms with Crippen molar-refractivity contribution in [3.05, 3.63) is 0 Å². The monoisotopic (exact) mass is 272 g/mol. The van der Waals surface area contributed by atoms with Gasteiger partial charge in [-0.3, -0.25) is 0 Å². The molecule has 1 aromatic heterocycles. The predicted octanol–water partition coefficient (Wildman–Crippen LogP) is 3.37. The topological polar surface area (TPSA) is 35.0 Å². The van der Waals surface area contributed by atoms with Gasteiger partial charge in [0, 0.05) is 0 Å². The summed E-state index contributed by atoms with van der Waals surface area (Å²) in [5.74, 6) is 0. The molecule has 0 bridgehead atoms. The highest BCUT2D eigenvalue weighted by atomic mass is 32.2. The average Bonchev–Trinajstić information content (AvgIpc) is 2.49. The minimum absolute atomic E-state index is 0.0640. The summed E-state index contributed by atoms with van der Waals surface area (Å²) < 4.78 is 42.2. The lowest BCUT2D eigenvalue weighted by Gasteiger charge is -2.12. The van der Waals surface area contributed by atoms with Gasteiger partial charge >= 0.3 is 6.18 Å². The number of hydrogen-bond acceptors (Lipinski definition) is 5. The highest BCUT2D eigenvalue weighted by Gasteiger charge is 2.37. The first kappa shape index (κ1) is 13.6. The van der Waals surface area contributed by atoms with Crippen molar-refractivity contribution in [2.24, 2.45) is 0 Å². The SMILES string of the molecule is CC(C)Oc1nnc(SC(C)C(F)(F)F)s1. The molecule has 3 nitrogen and oxygen atoms in total. The molecule has 0 saturated carbocycles. The van der Waals surface area contributed by atoms with Gasteiger partial charge in [0.2, 0.25) is 0 Å². The first-order chi connectivity index (χ1) is 7.29. The molecule has 0 fully saturated rings. The Morgan fingerprint density at radius 3 is 2.38 bits per heavy atom. The maximum Gasteiger partial charge on any atom is 0.400 e. The van der Waals surface area contributed by atoms with Crippen molar-refractivity contribution in [1.29, 1.82) is 0 Å². The van der Waals surface area contributed by atoms with Crippen LogP contribution in [0.25, 0.3) is 0 Å². The van der Waals surface area contributed by atoms with Gasteiger partial charge in [0.1, 0.15) is 5.25 Å². The highest BCUT2D eigenvalue weighted by Crippen LogP contribution is 2.37. The molecule has 0 saturated heterocycles. The Bertz CT molecular complexity index is 340. The molecule has 1 unspecified atom stereocenters. The first-order valence-corrected chi connectivity index (χ1v) is 6.22. The van der Waals surface area contributed by atoms with Gasteiger partial charge in [-0.05, 0) is 32.1 Å². The second-order valence-electron chi connectivity index (χ2n) is 3.30. The molecule has 16 heavy (non-hydrogen) atoms. The fraction of sp³-hybridized carbons (Fsp3) is 0.750. The summed E-state index contributed by atoms with van der Waals surface area (Å²) in [6.45, 7) is 4.72. The van der Waals surface area contributed by atoms with Crippen LogP contribution in [0.4, 0.5) is 13.2 Å². The number of nitrogens with zero attached hydrogens (tertiary/aromatic N) is 2. The molecule has 0 radical (unpaired) electrons. The van der Waals surface area contributed by atoms with Crippen LogP contribution in [0, 0.1) is 0 Å². The highest BCUT2D eigenvalue weighted by molar-refractivity contribution is 8.01. The summed E-state index contributed by atoms with van der Waals surface area (Å²) in [5.41, 5.74) is 0. The molecule has 1 heterocycles. The Balaban J connectivity index is 2.58. The molecule has 8 heteroatoms. The molecule has 92 valence electrons. The normalized spacial score (nSPS) is 14.2. The van der Waals surface area contributed by atoms with Gasteiger partial charge < -0.3 is 4.74 Å². The first-order valence-electron chi connectivity index (χ1n) is 4.52. The van der Waals surface area contributed by atoms with E-state index in [9.17, 15) is 13.2 Å². The van der Waals surface area contributed by atoms with E-state index in [0.717, 1.165) is 18.3 Å². The molecular formula is C8H11F3N2OS2. The number of thioether (sulfide) groups is 1. The summed E-state index contributed by atoms with van der Waals surface area (Å²) in [4.78, 5) is 0. The second-order valence-corrected chi connectivity index (χ2v) is 5.83. The minimum atomic E-state index is -4.23. The molecule has 1 atom stereocenters. The van der Waals surface area contributed by atoms with Crippen molar-refractivity contribution in [1.82, 2.24) is 10.2 Å². The molecule has 0 aliphatic carbocycles. The summed E-state index contributed by atoms with van der Waals surface area (Å²) in [5, 5.41) is 6.08. The zero-order valence-corrected chi connectivity index (χ0v) is 10.5. The van der Waals surface area contributed by atoms with Crippen molar-refractivity contribution in [3.8, 4) is 5.19 Å². The lowest BCUT2D eigenvalue weighted by Crippen LogP contribution is -2.21. The van der Waals surface area contributed by atoms with E-state index in [-0.39, 0.29) is 10.4 Å². The number of ether oxygens (including phenoxy) is 1. The van der Waals surface area contributed by atoms with Crippen LogP contribution < -0.4 is 4.74 Å². The van der Waals surface area contributed by atoms with Crippen LogP contribution in [-0.4, -0.2) is 27.7 Å². The third-order valence-corrected chi connectivity index (χ3v) is 3.51. The van der Waals surface area contributed by atoms with Crippen molar-refractivity contribution >= 4 is 23.1 Å². The van der Waals surface area contributed by atoms with Gasteiger partial charge in [-0.1, -0.05) is 16.9 Å². The molecule has 0 aromatic carbocycles. The molecule has 0 amide bonds. The van der Waals surface area contributed by atoms with E-state index >= 15 is 0 Å². The maximum absolute atomic E-state index is 12.3. The number of hydrogen-bond donors (Lipinski definition) is 0. The van der Waals surface area contributed by atoms with Crippen molar-refractivity contribution in [2.45, 2.75) is 42.6 Å². The van der Waals surface area contributed by atoms with Gasteiger partial charge in [0.25, 0.3) is 5.19 Å². The van der Waals surface area contributed by atoms with Crippen molar-refractivity contribution in [3.63, 3.8) is 0 Å². The van der Waals surface area contributed by atoms with Gasteiger partial charge in [0.05, 0.1) is 6.10 Å². The van der Waals surface area contributed by atoms with Gasteiger partial charge in [-0.15, -0.1) is 5.10 Å². The molecule has 0 spiro atoms. The fourth-order valence-corrected chi connectivity index (χ4v) is 2.63. The summed E-state index contributed by atoms with van der Waals surface area (Å²) in [6.07, 6.45) is -4.29. The third kappa shape index (κ3) is 4.17. The Labute approximate surface area is 99.4 Å². The van der Waals surface area contributed by atoms with E-state index < -0.39 is 11.4 Å². The summed E-state index contributed by atoms with van der Waals surface area (Å²) in [7, 11) is 0. The Morgan fingerprint density at radius 1 is 1.25 bits per heavy atom. The van der Waals surface area contributed by atoms with Crippen LogP contribution in [0.5, 0.6) is 5.19 Å². The summed E-state index contributed by atoms with van der Waals surface area (Å²) >= 11 is 1.66. The molecule has 1 rings (SSSR count). The molecule has 0 aliphatic rings. The van der Waals surface area contributed by atoms with Crippen molar-refractivity contribution in [2.75, 3.05) is 0 Å². The quantitative estimate of drug-likeness (QED) is 0.787. The van der Waals surface area contributed by atoms with E-state index in [4.69, 9.17) is 4.74 Å². The third-order valence-electron chi connectivity index (χ3n) is 1.46. The van der Waals surface area contributed by atoms with Crippen LogP contribution in [0.15, 0.2) is 4.34 Å². The van der Waals surface area contributed by atoms with Crippen LogP contribution in [-0.2, 0) is 0 Å². The smallest absolute Gasteiger partial charge is 0.400 e. The number of alkyl halides is 3. The Kier molecular flexibility index (Phi) is 4.43. The van der Waals surface area contributed by atoms with Gasteiger partial charge in [-0.2, -0.15) is 13.2 Å². The lowest BCUT2D eigenvalue weighted by atomic mass is 10.5. The van der Waals surface area contributed by atoms with E-state index in [1.54, 1.807) is 0 Å². The van der Waals surface area contributed by atoms with Crippen LogP contribution in [0.2, 0.25) is 0 Å². The van der Waals surface area contributed by atoms with E-state index in [2.05, 4.69) is 10.2 Å². The standard InChI is InChI=1S/C8H11F3N2OS2/c1-4(2)14-6-12-13-7(16-6)15-5(3)8(9,10)11/h4-5H,1-3H3. The number of halogens is 3. The zero-order valence-electron chi connectivity index (χ0n) is 8.91. The van der Waals surface area contributed by atoms with Crippen LogP contribution >= 0.6 is 23.1 Å². The van der Waals surface area contributed by atoms with Crippen molar-refractivity contribution < 1.29 is 17.9 Å².